The average Bonchev–Trinajstić information content (AvgIpc) is 3.61. The van der Waals surface area contributed by atoms with Gasteiger partial charge in [0.25, 0.3) is 5.91 Å². The minimum atomic E-state index is -0.591. The van der Waals surface area contributed by atoms with Crippen LogP contribution < -0.4 is 16.0 Å². The number of nitrogens with zero attached hydrogens (tertiary/aromatic N) is 4. The highest BCUT2D eigenvalue weighted by atomic mass is 16.2. The molecule has 1 unspecified atom stereocenters. The lowest BCUT2D eigenvalue weighted by atomic mass is 9.80. The summed E-state index contributed by atoms with van der Waals surface area (Å²) in [6.07, 6.45) is 7.35. The van der Waals surface area contributed by atoms with Crippen LogP contribution in [0.25, 0.3) is 11.3 Å². The number of nitrogens with one attached hydrogen (secondary N) is 3. The van der Waals surface area contributed by atoms with Crippen molar-refractivity contribution >= 4 is 29.2 Å². The molecule has 4 aliphatic rings. The van der Waals surface area contributed by atoms with Crippen molar-refractivity contribution in [2.75, 3.05) is 24.2 Å². The lowest BCUT2D eigenvalue weighted by Crippen LogP contribution is -2.52. The minimum Gasteiger partial charge on any atom is -0.385 e. The fourth-order valence-electron chi connectivity index (χ4n) is 6.20. The molecule has 4 heterocycles. The summed E-state index contributed by atoms with van der Waals surface area (Å²) in [6, 6.07) is 11.7. The van der Waals surface area contributed by atoms with E-state index in [2.05, 4.69) is 32.9 Å². The number of fused-ring (bicyclic) bond motifs is 1. The summed E-state index contributed by atoms with van der Waals surface area (Å²) in [4.78, 5) is 43.1. The van der Waals surface area contributed by atoms with Gasteiger partial charge in [0, 0.05) is 55.5 Å². The van der Waals surface area contributed by atoms with Gasteiger partial charge in [0.15, 0.2) is 0 Å². The predicted octanol–water partition coefficient (Wildman–Crippen LogP) is 3.69. The summed E-state index contributed by atoms with van der Waals surface area (Å²) in [5.74, 6) is 1.15. The highest BCUT2D eigenvalue weighted by Crippen LogP contribution is 2.45. The molecule has 2 saturated carbocycles. The Labute approximate surface area is 232 Å². The zero-order chi connectivity index (χ0) is 27.4. The average molecular weight is 540 g/mol. The maximum Gasteiger partial charge on any atom is 0.255 e. The second-order valence-corrected chi connectivity index (χ2v) is 11.5. The van der Waals surface area contributed by atoms with Gasteiger partial charge in [-0.2, -0.15) is 5.10 Å². The van der Waals surface area contributed by atoms with Crippen molar-refractivity contribution in [3.8, 4) is 11.3 Å². The molecule has 3 amide bonds. The minimum absolute atomic E-state index is 0.144. The van der Waals surface area contributed by atoms with Gasteiger partial charge in [0.2, 0.25) is 11.8 Å². The zero-order valence-corrected chi connectivity index (χ0v) is 22.5. The number of amides is 3. The van der Waals surface area contributed by atoms with Gasteiger partial charge >= 0.3 is 0 Å². The van der Waals surface area contributed by atoms with Gasteiger partial charge in [-0.3, -0.25) is 24.4 Å². The highest BCUT2D eigenvalue weighted by Gasteiger charge is 2.39. The van der Waals surface area contributed by atoms with Crippen LogP contribution in [0.1, 0.15) is 72.1 Å². The zero-order valence-electron chi connectivity index (χ0n) is 22.5. The molecular weight excluding hydrogens is 506 g/mol. The number of carbonyl (C=O) groups excluding carboxylic acids is 3. The van der Waals surface area contributed by atoms with E-state index < -0.39 is 6.04 Å². The van der Waals surface area contributed by atoms with Crippen LogP contribution in [0.4, 0.5) is 11.5 Å². The number of piperidine rings is 1. The summed E-state index contributed by atoms with van der Waals surface area (Å²) in [7, 11) is 1.89. The molecule has 0 spiro atoms. The Kier molecular flexibility index (Phi) is 6.05. The van der Waals surface area contributed by atoms with Crippen LogP contribution >= 0.6 is 0 Å². The summed E-state index contributed by atoms with van der Waals surface area (Å²) < 4.78 is 2.16. The predicted molar refractivity (Wildman–Crippen MR) is 150 cm³/mol. The Balaban J connectivity index is 0.969. The maximum absolute atomic E-state index is 12.9. The SMILES string of the molecule is CNc1cccc(-c2cn(C3CC(CNc4ccc5c(c4)CN(C4CCC(=O)NC4=O)C5=O)C3)nc2C2CC2)n1. The van der Waals surface area contributed by atoms with Crippen molar-refractivity contribution in [3.63, 3.8) is 0 Å². The number of hydrogen-bond acceptors (Lipinski definition) is 7. The quantitative estimate of drug-likeness (QED) is 0.373. The molecule has 10 heteroatoms. The Morgan fingerprint density at radius 2 is 1.90 bits per heavy atom. The second-order valence-electron chi connectivity index (χ2n) is 11.5. The lowest BCUT2D eigenvalue weighted by molar-refractivity contribution is -0.136. The number of hydrogen-bond donors (Lipinski definition) is 3. The van der Waals surface area contributed by atoms with E-state index in [1.54, 1.807) is 4.90 Å². The van der Waals surface area contributed by atoms with Gasteiger partial charge in [0.05, 0.1) is 17.4 Å². The molecule has 10 nitrogen and oxygen atoms in total. The van der Waals surface area contributed by atoms with E-state index >= 15 is 0 Å². The van der Waals surface area contributed by atoms with Crippen LogP contribution in [0.2, 0.25) is 0 Å². The van der Waals surface area contributed by atoms with Gasteiger partial charge < -0.3 is 15.5 Å². The third kappa shape index (κ3) is 4.51. The standard InChI is InChI=1S/C30H33N7O3/c1-31-26-4-2-3-24(33-26)23-16-37(35-28(23)18-5-6-18)21-11-17(12-21)14-32-20-7-8-22-19(13-20)15-36(30(22)40)25-9-10-27(38)34-29(25)39/h2-4,7-8,13,16-18,21,25,32H,5-6,9-12,14-15H2,1H3,(H,31,33)(H,34,38,39). The van der Waals surface area contributed by atoms with Crippen LogP contribution in [0.5, 0.6) is 0 Å². The molecule has 2 aromatic heterocycles. The number of carbonyl (C=O) groups is 3. The molecule has 206 valence electrons. The first-order chi connectivity index (χ1) is 19.5. The highest BCUT2D eigenvalue weighted by molar-refractivity contribution is 6.05. The summed E-state index contributed by atoms with van der Waals surface area (Å²) in [5.41, 5.74) is 5.84. The van der Waals surface area contributed by atoms with Gasteiger partial charge in [-0.15, -0.1) is 0 Å². The van der Waals surface area contributed by atoms with Crippen molar-refractivity contribution in [3.05, 3.63) is 59.4 Å². The number of pyridine rings is 1. The van der Waals surface area contributed by atoms with Gasteiger partial charge in [-0.25, -0.2) is 4.98 Å². The number of imide groups is 1. The Morgan fingerprint density at radius 3 is 2.67 bits per heavy atom. The second kappa shape index (κ2) is 9.76. The third-order valence-electron chi connectivity index (χ3n) is 8.71. The van der Waals surface area contributed by atoms with E-state index in [0.29, 0.717) is 36.4 Å². The van der Waals surface area contributed by atoms with Crippen LogP contribution in [-0.2, 0) is 16.1 Å². The number of rotatable bonds is 8. The van der Waals surface area contributed by atoms with Crippen molar-refractivity contribution in [2.24, 2.45) is 5.92 Å². The molecule has 40 heavy (non-hydrogen) atoms. The van der Waals surface area contributed by atoms with Crippen molar-refractivity contribution in [2.45, 2.75) is 63.1 Å². The fraction of sp³-hybridized carbons (Fsp3) is 0.433. The first-order valence-electron chi connectivity index (χ1n) is 14.2. The monoisotopic (exact) mass is 539 g/mol. The molecule has 3 aromatic rings. The maximum atomic E-state index is 12.9. The van der Waals surface area contributed by atoms with E-state index in [0.717, 1.165) is 47.7 Å². The fourth-order valence-corrected chi connectivity index (χ4v) is 6.20. The molecule has 0 bridgehead atoms. The third-order valence-corrected chi connectivity index (χ3v) is 8.71. The molecule has 0 radical (unpaired) electrons. The van der Waals surface area contributed by atoms with Crippen LogP contribution in [0.15, 0.2) is 42.6 Å². The molecule has 1 saturated heterocycles. The molecule has 1 aromatic carbocycles. The molecule has 3 N–H and O–H groups in total. The van der Waals surface area contributed by atoms with Crippen molar-refractivity contribution in [1.82, 2.24) is 25.0 Å². The summed E-state index contributed by atoms with van der Waals surface area (Å²) in [6.45, 7) is 1.24. The van der Waals surface area contributed by atoms with Crippen molar-refractivity contribution < 1.29 is 14.4 Å². The molecule has 1 atom stereocenters. The number of anilines is 2. The largest absolute Gasteiger partial charge is 0.385 e. The first kappa shape index (κ1) is 24.8. The molecular formula is C30H33N7O3. The lowest BCUT2D eigenvalue weighted by Gasteiger charge is -2.35. The van der Waals surface area contributed by atoms with E-state index in [1.807, 2.05) is 37.4 Å². The molecule has 7 rings (SSSR count). The molecule has 2 aliphatic carbocycles. The van der Waals surface area contributed by atoms with Crippen LogP contribution in [0.3, 0.4) is 0 Å². The van der Waals surface area contributed by atoms with Gasteiger partial charge in [-0.1, -0.05) is 6.07 Å². The summed E-state index contributed by atoms with van der Waals surface area (Å²) >= 11 is 0. The number of aromatic nitrogens is 3. The van der Waals surface area contributed by atoms with Gasteiger partial charge in [0.1, 0.15) is 11.9 Å². The van der Waals surface area contributed by atoms with E-state index in [4.69, 9.17) is 10.1 Å². The van der Waals surface area contributed by atoms with E-state index in [9.17, 15) is 14.4 Å². The van der Waals surface area contributed by atoms with Crippen molar-refractivity contribution in [1.29, 1.82) is 0 Å². The summed E-state index contributed by atoms with van der Waals surface area (Å²) in [5, 5.41) is 14.1. The van der Waals surface area contributed by atoms with E-state index in [1.165, 1.54) is 18.5 Å². The Hall–Kier alpha value is -4.21. The first-order valence-corrected chi connectivity index (χ1v) is 14.2. The normalized spacial score (nSPS) is 24.0. The Morgan fingerprint density at radius 1 is 1.05 bits per heavy atom. The number of benzene rings is 1. The topological polar surface area (TPSA) is 121 Å². The van der Waals surface area contributed by atoms with Crippen LogP contribution in [0, 0.1) is 5.92 Å². The smallest absolute Gasteiger partial charge is 0.255 e. The Bertz CT molecular complexity index is 1500. The van der Waals surface area contributed by atoms with E-state index in [-0.39, 0.29) is 24.1 Å². The van der Waals surface area contributed by atoms with Crippen LogP contribution in [-0.4, -0.2) is 57.0 Å². The van der Waals surface area contributed by atoms with Gasteiger partial charge in [-0.05, 0) is 73.9 Å². The molecule has 2 aliphatic heterocycles. The molecule has 3 fully saturated rings.